The van der Waals surface area contributed by atoms with Gasteiger partial charge in [-0.3, -0.25) is 9.59 Å². The molecule has 166 valence electrons. The minimum atomic E-state index is -0.168. The number of likely N-dealkylation sites (tertiary alicyclic amines) is 1. The Labute approximate surface area is 190 Å². The van der Waals surface area contributed by atoms with Crippen LogP contribution >= 0.6 is 11.3 Å². The van der Waals surface area contributed by atoms with Gasteiger partial charge in [0.2, 0.25) is 0 Å². The van der Waals surface area contributed by atoms with Crippen molar-refractivity contribution in [1.29, 1.82) is 0 Å². The molecule has 6 rings (SSSR count). The topological polar surface area (TPSA) is 90.8 Å². The molecule has 4 heterocycles. The Bertz CT molecular complexity index is 1270. The predicted molar refractivity (Wildman–Crippen MR) is 124 cm³/mol. The van der Waals surface area contributed by atoms with Crippen LogP contribution in [-0.2, 0) is 0 Å². The van der Waals surface area contributed by atoms with Gasteiger partial charge in [-0.25, -0.2) is 9.97 Å². The van der Waals surface area contributed by atoms with Crippen molar-refractivity contribution < 1.29 is 9.59 Å². The van der Waals surface area contributed by atoms with Crippen molar-refractivity contribution in [2.75, 3.05) is 0 Å². The van der Waals surface area contributed by atoms with E-state index in [0.717, 1.165) is 22.1 Å². The minimum absolute atomic E-state index is 0.00408. The summed E-state index contributed by atoms with van der Waals surface area (Å²) in [6, 6.07) is 4.30. The molecule has 1 spiro atoms. The fraction of sp³-hybridized carbons (Fsp3) is 0.500. The molecular weight excluding hydrogens is 422 g/mol. The fourth-order valence-electron chi connectivity index (χ4n) is 5.25. The molecule has 2 N–H and O–H groups in total. The zero-order chi connectivity index (χ0) is 22.4. The van der Waals surface area contributed by atoms with E-state index >= 15 is 0 Å². The Kier molecular flexibility index (Phi) is 3.98. The van der Waals surface area contributed by atoms with Crippen molar-refractivity contribution in [1.82, 2.24) is 25.2 Å². The number of aromatic nitrogens is 3. The van der Waals surface area contributed by atoms with Crippen molar-refractivity contribution in [2.24, 2.45) is 11.3 Å². The molecule has 3 aliphatic rings. The van der Waals surface area contributed by atoms with Crippen molar-refractivity contribution in [3.8, 4) is 10.6 Å². The molecule has 3 unspecified atom stereocenters. The number of fused-ring (bicyclic) bond motifs is 1. The normalized spacial score (nSPS) is 26.6. The van der Waals surface area contributed by atoms with Crippen molar-refractivity contribution in [3.63, 3.8) is 0 Å². The summed E-state index contributed by atoms with van der Waals surface area (Å²) in [4.78, 5) is 41.9. The summed E-state index contributed by atoms with van der Waals surface area (Å²) >= 11 is 1.45. The van der Waals surface area contributed by atoms with Gasteiger partial charge >= 0.3 is 0 Å². The van der Waals surface area contributed by atoms with E-state index in [9.17, 15) is 9.59 Å². The Morgan fingerprint density at radius 2 is 2.12 bits per heavy atom. The van der Waals surface area contributed by atoms with Crippen LogP contribution in [0.25, 0.3) is 21.7 Å². The highest BCUT2D eigenvalue weighted by molar-refractivity contribution is 7.17. The molecule has 2 amide bonds. The standard InChI is InChI=1S/C24H27N5O2S/c1-12(23(2,3)4)27-21(30)14-10-25-20-19(14)28-15(11-26-20)16-6-7-17(32-16)22(31)29-18-8-5-13-9-24(13,18)29/h6-7,10-13,18H,5,8-9H2,1-4H3,(H,25,26)(H,27,30)/t12-,13?,18?,24?,29?/m0/s1. The number of aromatic amines is 1. The number of rotatable bonds is 4. The maximum atomic E-state index is 13.0. The molecule has 0 radical (unpaired) electrons. The van der Waals surface area contributed by atoms with Gasteiger partial charge in [0, 0.05) is 12.2 Å². The maximum Gasteiger partial charge on any atom is 0.264 e. The summed E-state index contributed by atoms with van der Waals surface area (Å²) in [6.07, 6.45) is 6.98. The maximum absolute atomic E-state index is 13.0. The van der Waals surface area contributed by atoms with Crippen LogP contribution in [0.4, 0.5) is 0 Å². The summed E-state index contributed by atoms with van der Waals surface area (Å²) in [5.41, 5.74) is 2.45. The molecule has 0 bridgehead atoms. The molecule has 3 aromatic heterocycles. The van der Waals surface area contributed by atoms with Gasteiger partial charge < -0.3 is 15.2 Å². The number of carbonyl (C=O) groups is 2. The first-order valence-corrected chi connectivity index (χ1v) is 12.1. The smallest absolute Gasteiger partial charge is 0.264 e. The van der Waals surface area contributed by atoms with Gasteiger partial charge in [0.25, 0.3) is 11.8 Å². The highest BCUT2D eigenvalue weighted by atomic mass is 32.1. The molecule has 4 atom stereocenters. The summed E-state index contributed by atoms with van der Waals surface area (Å²) in [6.45, 7) is 8.28. The Morgan fingerprint density at radius 3 is 2.81 bits per heavy atom. The lowest BCUT2D eigenvalue weighted by atomic mass is 9.88. The number of H-pyrrole nitrogens is 1. The van der Waals surface area contributed by atoms with E-state index in [2.05, 4.69) is 41.0 Å². The number of nitrogens with one attached hydrogen (secondary N) is 2. The van der Waals surface area contributed by atoms with E-state index in [1.807, 2.05) is 19.1 Å². The van der Waals surface area contributed by atoms with Crippen molar-refractivity contribution >= 4 is 34.3 Å². The summed E-state index contributed by atoms with van der Waals surface area (Å²) in [5.74, 6) is 0.724. The number of hydrogen-bond donors (Lipinski definition) is 2. The van der Waals surface area contributed by atoms with Gasteiger partial charge in [0.1, 0.15) is 5.52 Å². The van der Waals surface area contributed by atoms with E-state index in [1.54, 1.807) is 12.4 Å². The number of thiophene rings is 1. The second-order valence-electron chi connectivity index (χ2n) is 10.5. The van der Waals surface area contributed by atoms with Crippen LogP contribution in [0.15, 0.2) is 24.5 Å². The van der Waals surface area contributed by atoms with Crippen LogP contribution in [-0.4, -0.2) is 49.3 Å². The fourth-order valence-corrected chi connectivity index (χ4v) is 6.15. The highest BCUT2D eigenvalue weighted by Gasteiger charge is 2.81. The van der Waals surface area contributed by atoms with Crippen molar-refractivity contribution in [2.45, 2.75) is 64.6 Å². The molecule has 8 heteroatoms. The average molecular weight is 450 g/mol. The molecule has 1 aliphatic heterocycles. The van der Waals surface area contributed by atoms with Crippen LogP contribution in [0.5, 0.6) is 0 Å². The quantitative estimate of drug-likeness (QED) is 0.583. The lowest BCUT2D eigenvalue weighted by Gasteiger charge is -2.27. The third-order valence-corrected chi connectivity index (χ3v) is 8.83. The molecule has 32 heavy (non-hydrogen) atoms. The largest absolute Gasteiger partial charge is 0.349 e. The van der Waals surface area contributed by atoms with E-state index in [1.165, 1.54) is 24.2 Å². The first-order valence-electron chi connectivity index (χ1n) is 11.3. The lowest BCUT2D eigenvalue weighted by molar-refractivity contribution is 0.0856. The van der Waals surface area contributed by atoms with Gasteiger partial charge in [0.15, 0.2) is 5.65 Å². The van der Waals surface area contributed by atoms with E-state index in [4.69, 9.17) is 4.98 Å². The van der Waals surface area contributed by atoms with Gasteiger partial charge in [0.05, 0.1) is 38.8 Å². The number of piperidine rings is 1. The summed E-state index contributed by atoms with van der Waals surface area (Å²) in [5, 5.41) is 3.06. The molecule has 2 aliphatic carbocycles. The molecule has 2 saturated carbocycles. The number of amides is 2. The Hall–Kier alpha value is -2.74. The zero-order valence-corrected chi connectivity index (χ0v) is 19.5. The van der Waals surface area contributed by atoms with Gasteiger partial charge in [-0.15, -0.1) is 11.3 Å². The van der Waals surface area contributed by atoms with Gasteiger partial charge in [-0.1, -0.05) is 20.8 Å². The Balaban J connectivity index is 1.25. The van der Waals surface area contributed by atoms with Gasteiger partial charge in [-0.2, -0.15) is 0 Å². The third kappa shape index (κ3) is 2.78. The lowest BCUT2D eigenvalue weighted by Crippen LogP contribution is -2.41. The predicted octanol–water partition coefficient (Wildman–Crippen LogP) is 4.23. The zero-order valence-electron chi connectivity index (χ0n) is 18.7. The van der Waals surface area contributed by atoms with Crippen LogP contribution in [0.2, 0.25) is 0 Å². The summed E-state index contributed by atoms with van der Waals surface area (Å²) < 4.78 is 0. The molecule has 1 saturated heterocycles. The second-order valence-corrected chi connectivity index (χ2v) is 11.6. The van der Waals surface area contributed by atoms with E-state index in [0.29, 0.717) is 28.5 Å². The van der Waals surface area contributed by atoms with E-state index < -0.39 is 0 Å². The molecule has 0 aromatic carbocycles. The van der Waals surface area contributed by atoms with Crippen LogP contribution in [0.1, 0.15) is 67.0 Å². The Morgan fingerprint density at radius 1 is 1.31 bits per heavy atom. The first kappa shape index (κ1) is 19.9. The number of hydrogen-bond acceptors (Lipinski definition) is 5. The molecular formula is C24H27N5O2S. The average Bonchev–Trinajstić information content (AvgIpc) is 3.32. The van der Waals surface area contributed by atoms with Crippen LogP contribution < -0.4 is 5.32 Å². The van der Waals surface area contributed by atoms with Crippen LogP contribution in [0.3, 0.4) is 0 Å². The van der Waals surface area contributed by atoms with E-state index in [-0.39, 0.29) is 28.8 Å². The van der Waals surface area contributed by atoms with Crippen LogP contribution in [0, 0.1) is 11.3 Å². The highest BCUT2D eigenvalue weighted by Crippen LogP contribution is 2.72. The second kappa shape index (κ2) is 6.41. The number of nitrogens with zero attached hydrogens (tertiary/aromatic N) is 3. The molecule has 3 fully saturated rings. The summed E-state index contributed by atoms with van der Waals surface area (Å²) in [7, 11) is 0. The van der Waals surface area contributed by atoms with Gasteiger partial charge in [-0.05, 0) is 49.7 Å². The minimum Gasteiger partial charge on any atom is -0.349 e. The first-order chi connectivity index (χ1) is 15.2. The third-order valence-electron chi connectivity index (χ3n) is 7.74. The molecule has 7 nitrogen and oxygen atoms in total. The molecule has 3 aromatic rings. The monoisotopic (exact) mass is 449 g/mol. The SMILES string of the molecule is C[C@H](NC(=O)c1c[nH]c2ncc(-c3ccc(C(=O)N4C5CCC6CC654)s3)nc12)C(C)(C)C. The number of carbonyl (C=O) groups excluding carboxylic acids is 2. The van der Waals surface area contributed by atoms with Crippen molar-refractivity contribution in [3.05, 3.63) is 35.0 Å².